The molecule has 0 fully saturated rings. The Balaban J connectivity index is 5.49. The third kappa shape index (κ3) is 70.8. The Kier molecular flexibility index (Phi) is 67.8. The van der Waals surface area contributed by atoms with Crippen molar-refractivity contribution in [2.45, 2.75) is 277 Å². The zero-order chi connectivity index (χ0) is 73.2. The molecule has 0 aliphatic carbocycles. The van der Waals surface area contributed by atoms with Gasteiger partial charge in [0.1, 0.15) is 19.3 Å². The number of esters is 4. The van der Waals surface area contributed by atoms with Crippen LogP contribution in [0, 0.1) is 0 Å². The van der Waals surface area contributed by atoms with Gasteiger partial charge in [0, 0.05) is 19.3 Å². The number of phosphoric ester groups is 2. The summed E-state index contributed by atoms with van der Waals surface area (Å²) >= 11 is 0. The lowest BCUT2D eigenvalue weighted by Gasteiger charge is -2.21. The van der Waals surface area contributed by atoms with E-state index in [2.05, 4.69) is 161 Å². The first-order valence-corrected chi connectivity index (χ1v) is 40.4. The maximum absolute atomic E-state index is 13.1. The first-order valence-electron chi connectivity index (χ1n) is 37.4. The van der Waals surface area contributed by atoms with Crippen LogP contribution in [0.5, 0.6) is 0 Å². The lowest BCUT2D eigenvalue weighted by atomic mass is 10.1. The molecule has 0 spiro atoms. The second-order valence-electron chi connectivity index (χ2n) is 24.1. The molecule has 0 rings (SSSR count). The fourth-order valence-electron chi connectivity index (χ4n) is 9.14. The molecule has 0 aliphatic heterocycles. The quantitative estimate of drug-likeness (QED) is 0.0169. The second kappa shape index (κ2) is 71.8. The number of phosphoric acid groups is 2. The summed E-state index contributed by atoms with van der Waals surface area (Å²) in [6.45, 7) is 4.28. The highest BCUT2D eigenvalue weighted by Gasteiger charge is 2.30. The van der Waals surface area contributed by atoms with E-state index in [9.17, 15) is 43.2 Å². The van der Waals surface area contributed by atoms with E-state index in [1.165, 1.54) is 38.5 Å². The number of carbonyl (C=O) groups is 4. The first kappa shape index (κ1) is 94.4. The minimum Gasteiger partial charge on any atom is -0.462 e. The molecule has 19 heteroatoms. The zero-order valence-electron chi connectivity index (χ0n) is 61.5. The van der Waals surface area contributed by atoms with Crippen molar-refractivity contribution in [3.8, 4) is 0 Å². The lowest BCUT2D eigenvalue weighted by Crippen LogP contribution is -2.30. The highest BCUT2D eigenvalue weighted by molar-refractivity contribution is 7.47. The van der Waals surface area contributed by atoms with Gasteiger partial charge < -0.3 is 33.8 Å². The summed E-state index contributed by atoms with van der Waals surface area (Å²) in [5.41, 5.74) is 0. The molecule has 0 amide bonds. The largest absolute Gasteiger partial charge is 0.472 e. The molecule has 0 saturated carbocycles. The first-order chi connectivity index (χ1) is 48.7. The Labute approximate surface area is 603 Å². The Morgan fingerprint density at radius 2 is 0.570 bits per heavy atom. The summed E-state index contributed by atoms with van der Waals surface area (Å²) in [7, 11) is -10.0. The summed E-state index contributed by atoms with van der Waals surface area (Å²) in [5.74, 6) is -2.43. The van der Waals surface area contributed by atoms with Crippen LogP contribution in [-0.2, 0) is 65.4 Å². The maximum Gasteiger partial charge on any atom is 0.472 e. The molecule has 5 unspecified atom stereocenters. The Hall–Kier alpha value is -5.58. The summed E-state index contributed by atoms with van der Waals surface area (Å²) in [6.07, 6.45) is 83.9. The van der Waals surface area contributed by atoms with Gasteiger partial charge in [0.15, 0.2) is 12.2 Å². The number of ether oxygens (including phenoxy) is 4. The summed E-state index contributed by atoms with van der Waals surface area (Å²) in [5, 5.41) is 10.6. The van der Waals surface area contributed by atoms with Crippen molar-refractivity contribution in [3.05, 3.63) is 170 Å². The van der Waals surface area contributed by atoms with Gasteiger partial charge in [-0.2, -0.15) is 0 Å². The van der Waals surface area contributed by atoms with Crippen molar-refractivity contribution in [1.29, 1.82) is 0 Å². The van der Waals surface area contributed by atoms with Crippen molar-refractivity contribution < 1.29 is 80.2 Å². The molecule has 0 aliphatic rings. The predicted molar refractivity (Wildman–Crippen MR) is 408 cm³/mol. The highest BCUT2D eigenvalue weighted by Crippen LogP contribution is 2.45. The van der Waals surface area contributed by atoms with E-state index in [1.807, 2.05) is 30.4 Å². The third-order valence-corrected chi connectivity index (χ3v) is 16.6. The van der Waals surface area contributed by atoms with Crippen LogP contribution in [0.4, 0.5) is 0 Å². The van der Waals surface area contributed by atoms with Gasteiger partial charge in [0.2, 0.25) is 0 Å². The molecule has 100 heavy (non-hydrogen) atoms. The number of hydrogen-bond acceptors (Lipinski definition) is 15. The second-order valence-corrected chi connectivity index (χ2v) is 27.0. The van der Waals surface area contributed by atoms with Crippen LogP contribution >= 0.6 is 15.6 Å². The molecule has 3 N–H and O–H groups in total. The van der Waals surface area contributed by atoms with E-state index in [0.29, 0.717) is 32.1 Å². The van der Waals surface area contributed by atoms with Crippen LogP contribution in [0.2, 0.25) is 0 Å². The minimum absolute atomic E-state index is 0.0464. The van der Waals surface area contributed by atoms with Crippen LogP contribution in [0.15, 0.2) is 170 Å². The topological polar surface area (TPSA) is 237 Å². The molecule has 0 aromatic heterocycles. The molecule has 17 nitrogen and oxygen atoms in total. The molecule has 0 radical (unpaired) electrons. The van der Waals surface area contributed by atoms with Gasteiger partial charge in [0.25, 0.3) is 0 Å². The van der Waals surface area contributed by atoms with Gasteiger partial charge >= 0.3 is 39.5 Å². The van der Waals surface area contributed by atoms with E-state index < -0.39 is 97.5 Å². The molecule has 0 saturated heterocycles. The van der Waals surface area contributed by atoms with E-state index in [-0.39, 0.29) is 25.7 Å². The average Bonchev–Trinajstić information content (AvgIpc) is 1.00. The SMILES string of the molecule is CC/C=C\C/C=C\C/C=C\C/C=C\C/C=C\CCCC(=O)OCC(COP(=O)(O)OCC(O)COP(=O)(O)OCC(COC(=O)C/C=C\C/C=C\C/C=C\C/C=C\C/C=C\CC)OC(=O)CCCCCCCCCCCCC)OC(=O)CCCCCC/C=C\C/C=C\C/C=C\C/C=C\CC. The molecule has 566 valence electrons. The van der Waals surface area contributed by atoms with Crippen molar-refractivity contribution >= 4 is 39.5 Å². The zero-order valence-corrected chi connectivity index (χ0v) is 63.3. The van der Waals surface area contributed by atoms with Gasteiger partial charge in [0.05, 0.1) is 32.8 Å². The van der Waals surface area contributed by atoms with Crippen molar-refractivity contribution in [1.82, 2.24) is 0 Å². The van der Waals surface area contributed by atoms with Crippen LogP contribution in [-0.4, -0.2) is 96.7 Å². The number of aliphatic hydroxyl groups excluding tert-OH is 1. The Morgan fingerprint density at radius 1 is 0.300 bits per heavy atom. The standard InChI is InChI=1S/C81H130O17P2/c1-5-9-13-17-21-25-29-32-35-37-40-43-47-50-54-58-62-66-79(84)92-72-77(98-81(86)68-64-60-56-52-48-44-41-38-36-33-30-26-22-18-14-10-6-2)74-96-100(89,90)94-70-75(82)69-93-99(87,88)95-73-76(97-80(85)67-63-59-55-51-45-28-24-20-16-12-8-4)71-91-78(83)65-61-57-53-49-46-42-39-34-31-27-23-19-15-11-7-3/h9-11,13-15,21-23,25-27,32-36,39-41,43-44,46,49-50,54,57,61,75-77,82H,5-8,12,16-20,24,28-31,37-38,42,45,47-48,51-53,55-56,58-60,62-74H2,1-4H3,(H,87,88)(H,89,90)/b13-9-,14-10-,15-11-,25-21-,26-22-,27-23-,35-32-,36-33-,39-34-,43-40-,44-41-,49-46-,54-50-,61-57-. The molecule has 0 bridgehead atoms. The van der Waals surface area contributed by atoms with Crippen molar-refractivity contribution in [3.63, 3.8) is 0 Å². The van der Waals surface area contributed by atoms with E-state index in [0.717, 1.165) is 135 Å². The number of carbonyl (C=O) groups excluding carboxylic acids is 4. The van der Waals surface area contributed by atoms with Gasteiger partial charge in [-0.3, -0.25) is 37.3 Å². The number of allylic oxidation sites excluding steroid dienone is 27. The molecular weight excluding hydrogens is 1310 g/mol. The molecule has 0 heterocycles. The monoisotopic (exact) mass is 1440 g/mol. The third-order valence-electron chi connectivity index (χ3n) is 14.7. The minimum atomic E-state index is -5.01. The summed E-state index contributed by atoms with van der Waals surface area (Å²) in [4.78, 5) is 72.7. The molecule has 0 aromatic carbocycles. The number of rotatable bonds is 68. The highest BCUT2D eigenvalue weighted by atomic mass is 31.2. The van der Waals surface area contributed by atoms with Crippen LogP contribution < -0.4 is 0 Å². The molecular formula is C81H130O17P2. The van der Waals surface area contributed by atoms with Crippen LogP contribution in [0.1, 0.15) is 259 Å². The average molecular weight is 1440 g/mol. The maximum atomic E-state index is 13.1. The Morgan fingerprint density at radius 3 is 0.920 bits per heavy atom. The van der Waals surface area contributed by atoms with E-state index in [1.54, 1.807) is 6.08 Å². The Bertz CT molecular complexity index is 2570. The summed E-state index contributed by atoms with van der Waals surface area (Å²) in [6, 6.07) is 0. The predicted octanol–water partition coefficient (Wildman–Crippen LogP) is 21.4. The van der Waals surface area contributed by atoms with Gasteiger partial charge in [-0.15, -0.1) is 0 Å². The van der Waals surface area contributed by atoms with Gasteiger partial charge in [-0.25, -0.2) is 9.13 Å². The normalized spacial score (nSPS) is 14.9. The number of hydrogen-bond donors (Lipinski definition) is 3. The number of aliphatic hydroxyl groups is 1. The fourth-order valence-corrected chi connectivity index (χ4v) is 10.7. The lowest BCUT2D eigenvalue weighted by molar-refractivity contribution is -0.161. The van der Waals surface area contributed by atoms with Gasteiger partial charge in [-0.05, 0) is 128 Å². The summed E-state index contributed by atoms with van der Waals surface area (Å²) < 4.78 is 68.2. The van der Waals surface area contributed by atoms with Crippen LogP contribution in [0.25, 0.3) is 0 Å². The fraction of sp³-hybridized carbons (Fsp3) is 0.605. The van der Waals surface area contributed by atoms with Gasteiger partial charge in [-0.1, -0.05) is 275 Å². The smallest absolute Gasteiger partial charge is 0.462 e. The number of unbranched alkanes of at least 4 members (excludes halogenated alkanes) is 15. The van der Waals surface area contributed by atoms with Crippen molar-refractivity contribution in [2.75, 3.05) is 39.6 Å². The van der Waals surface area contributed by atoms with E-state index >= 15 is 0 Å². The molecule has 0 aromatic rings. The van der Waals surface area contributed by atoms with E-state index in [4.69, 9.17) is 37.0 Å². The van der Waals surface area contributed by atoms with Crippen LogP contribution in [0.3, 0.4) is 0 Å². The molecule has 5 atom stereocenters. The van der Waals surface area contributed by atoms with Crippen molar-refractivity contribution in [2.24, 2.45) is 0 Å².